The first-order chi connectivity index (χ1) is 39.3. The molecule has 2 fully saturated rings. The number of hydrogen-bond donors (Lipinski definition) is 9. The molecule has 460 valence electrons. The van der Waals surface area contributed by atoms with Crippen LogP contribution in [0.3, 0.4) is 0 Å². The fourth-order valence-electron chi connectivity index (χ4n) is 10.2. The van der Waals surface area contributed by atoms with Gasteiger partial charge in [0.1, 0.15) is 46.5 Å². The molecule has 2 aromatic carbocycles. The molecule has 3 aliphatic heterocycles. The van der Waals surface area contributed by atoms with Gasteiger partial charge in [0.15, 0.2) is 12.0 Å². The Morgan fingerprint density at radius 1 is 1.02 bits per heavy atom. The molecule has 83 heavy (non-hydrogen) atoms. The standard InChI is InChI=1S/C57H81Br2ClN8O15/c1-32(2)48(63-39(28-69)15-11-14-34(4)82-56(29-58,30-59)31-70)51(73)66-40(16-12-22-62-52(61)74)50(72)64-37-18-20-38(21-19-37)65-53(75)81-45-26-46(71)68(7)41-24-36(25-42(78-8)47(41)60)23-33(3)13-10-17-44(79-9)57(77)27-43(80-54(76)67-57)35(5)49-55(45,6)83-49/h10,13,17-21,24-25,28,31-32,34-35,39-40,43-45,48-49,54,63,67,76-77H,11-12,14-16,22-23,26-27,29-30H2,1-9H3,(H,64,72)(H,65,75)(H,66,73)(H3,61,62,74)/b17-10+,33-13+/t34?,35-,39?,40+,43+,44-,45+,48+,49+,54?,55+,57+/m1/s1. The third-order valence-corrected chi connectivity index (χ3v) is 17.3. The number of fused-ring (bicyclic) bond motifs is 5. The Labute approximate surface area is 506 Å². The Hall–Kier alpha value is -5.06. The maximum absolute atomic E-state index is 14.4. The van der Waals surface area contributed by atoms with Gasteiger partial charge in [-0.25, -0.2) is 14.9 Å². The number of rotatable bonds is 25. The number of aldehydes is 2. The zero-order valence-corrected chi connectivity index (χ0v) is 52.3. The minimum absolute atomic E-state index is 0.0513. The fourth-order valence-corrected chi connectivity index (χ4v) is 11.9. The number of nitrogens with zero attached hydrogens (tertiary/aromatic N) is 1. The highest BCUT2D eigenvalue weighted by atomic mass is 79.9. The lowest BCUT2D eigenvalue weighted by atomic mass is 9.83. The molecule has 3 unspecified atom stereocenters. The van der Waals surface area contributed by atoms with E-state index >= 15 is 0 Å². The van der Waals surface area contributed by atoms with Crippen molar-refractivity contribution < 1.29 is 72.2 Å². The van der Waals surface area contributed by atoms with Crippen LogP contribution in [0.5, 0.6) is 5.75 Å². The lowest BCUT2D eigenvalue weighted by Crippen LogP contribution is -2.65. The zero-order valence-electron chi connectivity index (χ0n) is 48.3. The Kier molecular flexibility index (Phi) is 26.0. The number of benzene rings is 2. The van der Waals surface area contributed by atoms with Crippen LogP contribution in [0.15, 0.2) is 60.2 Å². The van der Waals surface area contributed by atoms with E-state index in [9.17, 15) is 43.8 Å². The van der Waals surface area contributed by atoms with Gasteiger partial charge in [0.25, 0.3) is 0 Å². The number of nitrogens with one attached hydrogen (secondary N) is 6. The van der Waals surface area contributed by atoms with Crippen molar-refractivity contribution >= 4 is 103 Å². The van der Waals surface area contributed by atoms with Gasteiger partial charge >= 0.3 is 12.1 Å². The minimum atomic E-state index is -1.80. The summed E-state index contributed by atoms with van der Waals surface area (Å²) in [5.41, 5.74) is 3.69. The number of primary amides is 1. The van der Waals surface area contributed by atoms with Crippen LogP contribution in [0, 0.1) is 11.8 Å². The number of aliphatic hydroxyl groups excluding tert-OH is 1. The van der Waals surface area contributed by atoms with Gasteiger partial charge in [0.05, 0.1) is 49.6 Å². The van der Waals surface area contributed by atoms with Gasteiger partial charge in [-0.3, -0.25) is 25.0 Å². The third-order valence-electron chi connectivity index (χ3n) is 15.0. The number of allylic oxidation sites excluding steroid dienone is 3. The van der Waals surface area contributed by atoms with E-state index in [-0.39, 0.29) is 55.0 Å². The summed E-state index contributed by atoms with van der Waals surface area (Å²) >= 11 is 13.5. The number of epoxide rings is 1. The number of halogens is 3. The van der Waals surface area contributed by atoms with E-state index in [4.69, 9.17) is 45.8 Å². The maximum Gasteiger partial charge on any atom is 0.412 e. The van der Waals surface area contributed by atoms with Crippen molar-refractivity contribution in [3.63, 3.8) is 0 Å². The normalized spacial score (nSPS) is 26.4. The summed E-state index contributed by atoms with van der Waals surface area (Å²) in [6, 6.07) is 6.09. The monoisotopic (exact) mass is 1310 g/mol. The summed E-state index contributed by atoms with van der Waals surface area (Å²) in [5.74, 6) is -2.16. The van der Waals surface area contributed by atoms with E-state index in [2.05, 4.69) is 63.8 Å². The predicted octanol–water partition coefficient (Wildman–Crippen LogP) is 5.89. The van der Waals surface area contributed by atoms with Crippen LogP contribution in [-0.2, 0) is 54.1 Å². The molecule has 12 atom stereocenters. The van der Waals surface area contributed by atoms with E-state index in [1.165, 1.54) is 43.4 Å². The molecule has 0 saturated carbocycles. The summed E-state index contributed by atoms with van der Waals surface area (Å²) in [6.07, 6.45) is 1.95. The lowest BCUT2D eigenvalue weighted by molar-refractivity contribution is -0.271. The molecule has 10 N–H and O–H groups in total. The minimum Gasteiger partial charge on any atom is -0.495 e. The summed E-state index contributed by atoms with van der Waals surface area (Å²) in [4.78, 5) is 93.1. The number of nitrogens with two attached hydrogens (primary N) is 1. The molecule has 26 heteroatoms. The highest BCUT2D eigenvalue weighted by Crippen LogP contribution is 2.49. The summed E-state index contributed by atoms with van der Waals surface area (Å²) in [6.45, 7) is 11.0. The second-order valence-electron chi connectivity index (χ2n) is 21.9. The molecule has 0 radical (unpaired) electrons. The van der Waals surface area contributed by atoms with E-state index in [1.54, 1.807) is 59.0 Å². The number of urea groups is 1. The Morgan fingerprint density at radius 3 is 2.30 bits per heavy atom. The van der Waals surface area contributed by atoms with Crippen LogP contribution in [0.1, 0.15) is 92.1 Å². The van der Waals surface area contributed by atoms with Crippen molar-refractivity contribution in [1.29, 1.82) is 0 Å². The predicted molar refractivity (Wildman–Crippen MR) is 320 cm³/mol. The van der Waals surface area contributed by atoms with Gasteiger partial charge in [0.2, 0.25) is 24.1 Å². The number of carbonyl (C=O) groups excluding carboxylic acids is 7. The molecule has 0 spiro atoms. The number of anilines is 3. The molecule has 4 bridgehead atoms. The largest absolute Gasteiger partial charge is 0.495 e. The molecule has 3 aliphatic rings. The fraction of sp³-hybridized carbons (Fsp3) is 0.596. The van der Waals surface area contributed by atoms with Crippen LogP contribution in [0.4, 0.5) is 26.7 Å². The van der Waals surface area contributed by atoms with Crippen LogP contribution >= 0.6 is 43.5 Å². The molecule has 2 aromatic rings. The molecule has 5 rings (SSSR count). The molecular formula is C57H81Br2ClN8O15. The number of amides is 6. The third kappa shape index (κ3) is 19.0. The van der Waals surface area contributed by atoms with Crippen molar-refractivity contribution in [1.82, 2.24) is 21.3 Å². The van der Waals surface area contributed by atoms with E-state index < -0.39 is 102 Å². The summed E-state index contributed by atoms with van der Waals surface area (Å²) < 4.78 is 35.7. The van der Waals surface area contributed by atoms with Crippen LogP contribution in [0.25, 0.3) is 0 Å². The van der Waals surface area contributed by atoms with Gasteiger partial charge < -0.3 is 74.8 Å². The summed E-state index contributed by atoms with van der Waals surface area (Å²) in [5, 5.41) is 40.2. The van der Waals surface area contributed by atoms with Crippen LogP contribution in [-0.4, -0.2) is 163 Å². The van der Waals surface area contributed by atoms with E-state index in [0.29, 0.717) is 53.5 Å². The number of methoxy groups -OCH3 is 2. The molecular weight excluding hydrogens is 1230 g/mol. The second kappa shape index (κ2) is 31.4. The van der Waals surface area contributed by atoms with Crippen LogP contribution < -0.4 is 47.3 Å². The highest BCUT2D eigenvalue weighted by Gasteiger charge is 2.64. The van der Waals surface area contributed by atoms with E-state index in [1.807, 2.05) is 19.9 Å². The molecule has 3 heterocycles. The molecule has 23 nitrogen and oxygen atoms in total. The Bertz CT molecular complexity index is 2630. The Morgan fingerprint density at radius 2 is 1.70 bits per heavy atom. The topological polar surface area (TPSA) is 320 Å². The number of carbonyl (C=O) groups is 7. The van der Waals surface area contributed by atoms with Gasteiger partial charge in [-0.05, 0) is 107 Å². The van der Waals surface area contributed by atoms with Crippen molar-refractivity contribution in [2.24, 2.45) is 17.6 Å². The lowest BCUT2D eigenvalue weighted by Gasteiger charge is -2.44. The quantitative estimate of drug-likeness (QED) is 0.0242. The smallest absolute Gasteiger partial charge is 0.412 e. The average molecular weight is 1310 g/mol. The highest BCUT2D eigenvalue weighted by molar-refractivity contribution is 9.10. The first kappa shape index (κ1) is 68.7. The zero-order chi connectivity index (χ0) is 61.4. The Balaban J connectivity index is 1.32. The second-order valence-corrected chi connectivity index (χ2v) is 23.4. The van der Waals surface area contributed by atoms with Crippen molar-refractivity contribution in [3.05, 3.63) is 70.8 Å². The van der Waals surface area contributed by atoms with Gasteiger partial charge in [0, 0.05) is 55.1 Å². The maximum atomic E-state index is 14.4. The molecule has 6 amide bonds. The van der Waals surface area contributed by atoms with Gasteiger partial charge in [-0.15, -0.1) is 0 Å². The average Bonchev–Trinajstić information content (AvgIpc) is 3.19. The summed E-state index contributed by atoms with van der Waals surface area (Å²) in [7, 11) is 4.45. The van der Waals surface area contributed by atoms with Crippen molar-refractivity contribution in [3.8, 4) is 5.75 Å². The molecule has 2 saturated heterocycles. The number of ether oxygens (including phenoxy) is 6. The van der Waals surface area contributed by atoms with Crippen molar-refractivity contribution in [2.45, 2.75) is 165 Å². The first-order valence-corrected chi connectivity index (χ1v) is 30.1. The van der Waals surface area contributed by atoms with E-state index in [0.717, 1.165) is 23.7 Å². The van der Waals surface area contributed by atoms with Crippen LogP contribution in [0.2, 0.25) is 5.02 Å². The number of aliphatic hydroxyl groups is 2. The van der Waals surface area contributed by atoms with Gasteiger partial charge in [-0.2, -0.15) is 0 Å². The van der Waals surface area contributed by atoms with Gasteiger partial charge in [-0.1, -0.05) is 88.0 Å². The molecule has 0 aliphatic carbocycles. The molecule has 0 aromatic heterocycles. The number of alkyl halides is 2. The van der Waals surface area contributed by atoms with Crippen molar-refractivity contribution in [2.75, 3.05) is 54.0 Å². The number of hydrogen-bond acceptors (Lipinski definition) is 17. The SMILES string of the molecule is COc1cc2cc(c1Cl)N(C)C(=O)C[C@H](OC(=O)Nc1ccc(NC(=O)[C@H](CCCNC(N)=O)NC(=O)[C@@H](NC(C=O)CCCC(C)OC(C=O)(CBr)CBr)C(C)C)cc1)[C@]1(C)O[C@H]1[C@H](C)[C@@H]1C[C@@](O)(NC(O)O1)[C@H](OC)/C=C/C=C(\C)C2. The first-order valence-electron chi connectivity index (χ1n) is 27.5.